The topological polar surface area (TPSA) is 34.1 Å². The molecular weight excluding hydrogens is 304 g/mol. The zero-order chi connectivity index (χ0) is 15.6. The number of halogens is 1. The standard InChI is InChI=1S/C17H17ClO2S/c1-11-4-9-16(12(2)10-11)21(20)13(3)17(19)14-5-7-15(18)8-6-14/h4-10,13H,1-3H3. The van der Waals surface area contributed by atoms with E-state index in [9.17, 15) is 9.00 Å². The van der Waals surface area contributed by atoms with Crippen LogP contribution >= 0.6 is 11.6 Å². The summed E-state index contributed by atoms with van der Waals surface area (Å²) in [5.74, 6) is -0.134. The summed E-state index contributed by atoms with van der Waals surface area (Å²) in [6.45, 7) is 5.61. The normalized spacial score (nSPS) is 13.7. The van der Waals surface area contributed by atoms with Gasteiger partial charge in [0.05, 0.1) is 16.0 Å². The molecule has 0 N–H and O–H groups in total. The quantitative estimate of drug-likeness (QED) is 0.785. The summed E-state index contributed by atoms with van der Waals surface area (Å²) in [6, 6.07) is 12.4. The van der Waals surface area contributed by atoms with Gasteiger partial charge in [0.2, 0.25) is 0 Å². The first kappa shape index (κ1) is 15.9. The number of aryl methyl sites for hydroxylation is 2. The maximum atomic E-state index is 12.6. The summed E-state index contributed by atoms with van der Waals surface area (Å²) >= 11 is 5.82. The Morgan fingerprint density at radius 2 is 1.71 bits per heavy atom. The molecule has 110 valence electrons. The van der Waals surface area contributed by atoms with Crippen molar-refractivity contribution >= 4 is 28.2 Å². The van der Waals surface area contributed by atoms with Crippen LogP contribution in [0.1, 0.15) is 28.4 Å². The second-order valence-electron chi connectivity index (χ2n) is 5.08. The van der Waals surface area contributed by atoms with Crippen molar-refractivity contribution in [3.05, 3.63) is 64.2 Å². The summed E-state index contributed by atoms with van der Waals surface area (Å²) in [4.78, 5) is 13.1. The van der Waals surface area contributed by atoms with E-state index in [0.717, 1.165) is 16.0 Å². The lowest BCUT2D eigenvalue weighted by Gasteiger charge is -2.13. The Kier molecular flexibility index (Phi) is 4.96. The molecule has 0 heterocycles. The van der Waals surface area contributed by atoms with Gasteiger partial charge in [0, 0.05) is 15.5 Å². The van der Waals surface area contributed by atoms with Gasteiger partial charge in [-0.3, -0.25) is 9.00 Å². The highest BCUT2D eigenvalue weighted by molar-refractivity contribution is 7.86. The lowest BCUT2D eigenvalue weighted by molar-refractivity contribution is 0.0992. The van der Waals surface area contributed by atoms with Crippen molar-refractivity contribution in [2.24, 2.45) is 0 Å². The molecule has 0 amide bonds. The lowest BCUT2D eigenvalue weighted by atomic mass is 10.1. The van der Waals surface area contributed by atoms with Crippen LogP contribution in [0.2, 0.25) is 5.02 Å². The van der Waals surface area contributed by atoms with Gasteiger partial charge in [-0.25, -0.2) is 0 Å². The number of benzene rings is 2. The van der Waals surface area contributed by atoms with E-state index in [1.165, 1.54) is 0 Å². The van der Waals surface area contributed by atoms with Crippen molar-refractivity contribution in [2.45, 2.75) is 30.9 Å². The average molecular weight is 321 g/mol. The van der Waals surface area contributed by atoms with Gasteiger partial charge in [-0.2, -0.15) is 0 Å². The first-order valence-corrected chi connectivity index (χ1v) is 8.27. The molecule has 0 saturated carbocycles. The zero-order valence-corrected chi connectivity index (χ0v) is 13.8. The Morgan fingerprint density at radius 3 is 2.29 bits per heavy atom. The van der Waals surface area contributed by atoms with Gasteiger partial charge in [-0.05, 0) is 56.7 Å². The molecule has 2 aromatic carbocycles. The van der Waals surface area contributed by atoms with Crippen LogP contribution in [-0.2, 0) is 10.8 Å². The van der Waals surface area contributed by atoms with E-state index in [2.05, 4.69) is 0 Å². The van der Waals surface area contributed by atoms with E-state index < -0.39 is 16.0 Å². The maximum Gasteiger partial charge on any atom is 0.178 e. The number of hydrogen-bond donors (Lipinski definition) is 0. The minimum atomic E-state index is -1.37. The van der Waals surface area contributed by atoms with E-state index in [1.54, 1.807) is 31.2 Å². The molecule has 4 heteroatoms. The van der Waals surface area contributed by atoms with Crippen LogP contribution in [0.3, 0.4) is 0 Å². The highest BCUT2D eigenvalue weighted by Gasteiger charge is 2.23. The minimum absolute atomic E-state index is 0.134. The van der Waals surface area contributed by atoms with Crippen molar-refractivity contribution < 1.29 is 9.00 Å². The SMILES string of the molecule is Cc1ccc(S(=O)C(C)C(=O)c2ccc(Cl)cc2)c(C)c1. The molecule has 0 saturated heterocycles. The van der Waals surface area contributed by atoms with Crippen LogP contribution in [0.25, 0.3) is 0 Å². The second-order valence-corrected chi connectivity index (χ2v) is 7.26. The molecule has 21 heavy (non-hydrogen) atoms. The first-order chi connectivity index (χ1) is 9.90. The average Bonchev–Trinajstić information content (AvgIpc) is 2.46. The summed E-state index contributed by atoms with van der Waals surface area (Å²) in [5, 5.41) is -0.0118. The molecule has 2 aromatic rings. The Balaban J connectivity index is 2.26. The Bertz CT molecular complexity index is 692. The number of rotatable bonds is 4. The minimum Gasteiger partial charge on any atom is -0.293 e. The van der Waals surface area contributed by atoms with Crippen LogP contribution in [0.5, 0.6) is 0 Å². The van der Waals surface area contributed by atoms with Crippen LogP contribution in [0.4, 0.5) is 0 Å². The molecule has 2 unspecified atom stereocenters. The summed E-state index contributed by atoms with van der Waals surface area (Å²) < 4.78 is 12.6. The van der Waals surface area contributed by atoms with Crippen LogP contribution in [0, 0.1) is 13.8 Å². The highest BCUT2D eigenvalue weighted by Crippen LogP contribution is 2.20. The van der Waals surface area contributed by atoms with Gasteiger partial charge in [0.1, 0.15) is 0 Å². The molecule has 0 aliphatic heterocycles. The van der Waals surface area contributed by atoms with Crippen molar-refractivity contribution in [3.8, 4) is 0 Å². The fourth-order valence-electron chi connectivity index (χ4n) is 2.16. The van der Waals surface area contributed by atoms with Crippen molar-refractivity contribution in [1.29, 1.82) is 0 Å². The fraction of sp³-hybridized carbons (Fsp3) is 0.235. The van der Waals surface area contributed by atoms with Crippen LogP contribution < -0.4 is 0 Å². The number of hydrogen-bond acceptors (Lipinski definition) is 2. The van der Waals surface area contributed by atoms with Crippen LogP contribution in [-0.4, -0.2) is 15.2 Å². The number of carbonyl (C=O) groups is 1. The van der Waals surface area contributed by atoms with E-state index in [0.29, 0.717) is 10.6 Å². The highest BCUT2D eigenvalue weighted by atomic mass is 35.5. The number of Topliss-reactive ketones (excluding diaryl/α,β-unsaturated/α-hetero) is 1. The monoisotopic (exact) mass is 320 g/mol. The number of carbonyl (C=O) groups excluding carboxylic acids is 1. The summed E-state index contributed by atoms with van der Waals surface area (Å²) in [7, 11) is -1.37. The van der Waals surface area contributed by atoms with Gasteiger partial charge in [0.15, 0.2) is 5.78 Å². The Hall–Kier alpha value is -1.45. The zero-order valence-electron chi connectivity index (χ0n) is 12.2. The molecule has 0 spiro atoms. The van der Waals surface area contributed by atoms with E-state index in [4.69, 9.17) is 11.6 Å². The third-order valence-electron chi connectivity index (χ3n) is 3.37. The number of ketones is 1. The summed E-state index contributed by atoms with van der Waals surface area (Å²) in [5.41, 5.74) is 2.60. The van der Waals surface area contributed by atoms with Crippen molar-refractivity contribution in [3.63, 3.8) is 0 Å². The van der Waals surface area contributed by atoms with Gasteiger partial charge in [-0.1, -0.05) is 29.3 Å². The second kappa shape index (κ2) is 6.54. The first-order valence-electron chi connectivity index (χ1n) is 6.68. The molecule has 0 radical (unpaired) electrons. The van der Waals surface area contributed by atoms with Crippen molar-refractivity contribution in [2.75, 3.05) is 0 Å². The summed E-state index contributed by atoms with van der Waals surface area (Å²) in [6.07, 6.45) is 0. The van der Waals surface area contributed by atoms with E-state index >= 15 is 0 Å². The maximum absolute atomic E-state index is 12.6. The molecule has 0 fully saturated rings. The molecule has 0 bridgehead atoms. The Labute approximate surface area is 132 Å². The molecule has 0 aliphatic rings. The molecule has 0 aromatic heterocycles. The third kappa shape index (κ3) is 3.60. The van der Waals surface area contributed by atoms with Gasteiger partial charge < -0.3 is 0 Å². The largest absolute Gasteiger partial charge is 0.293 e. The Morgan fingerprint density at radius 1 is 1.10 bits per heavy atom. The lowest BCUT2D eigenvalue weighted by Crippen LogP contribution is -2.23. The predicted molar refractivity (Wildman–Crippen MR) is 87.6 cm³/mol. The van der Waals surface area contributed by atoms with E-state index in [1.807, 2.05) is 32.0 Å². The van der Waals surface area contributed by atoms with Crippen molar-refractivity contribution in [1.82, 2.24) is 0 Å². The predicted octanol–water partition coefficient (Wildman–Crippen LogP) is 4.34. The third-order valence-corrected chi connectivity index (χ3v) is 5.37. The molecule has 2 atom stereocenters. The van der Waals surface area contributed by atoms with E-state index in [-0.39, 0.29) is 5.78 Å². The molecule has 2 nitrogen and oxygen atoms in total. The molecular formula is C17H17ClO2S. The van der Waals surface area contributed by atoms with Gasteiger partial charge in [-0.15, -0.1) is 0 Å². The van der Waals surface area contributed by atoms with Crippen LogP contribution in [0.15, 0.2) is 47.4 Å². The van der Waals surface area contributed by atoms with Gasteiger partial charge >= 0.3 is 0 Å². The fourth-order valence-corrected chi connectivity index (χ4v) is 3.58. The molecule has 0 aliphatic carbocycles. The molecule has 2 rings (SSSR count). The van der Waals surface area contributed by atoms with Gasteiger partial charge in [0.25, 0.3) is 0 Å². The smallest absolute Gasteiger partial charge is 0.178 e.